The van der Waals surface area contributed by atoms with Crippen LogP contribution in [0.4, 0.5) is 0 Å². The molecular weight excluding hydrogens is 162 g/mol. The summed E-state index contributed by atoms with van der Waals surface area (Å²) in [6, 6.07) is 0.663. The fourth-order valence-electron chi connectivity index (χ4n) is 1.83. The van der Waals surface area contributed by atoms with Crippen LogP contribution in [0.3, 0.4) is 0 Å². The minimum Gasteiger partial charge on any atom is -0.301 e. The smallest absolute Gasteiger partial charge is 0.142 e. The molecule has 0 bridgehead atoms. The van der Waals surface area contributed by atoms with Gasteiger partial charge in [-0.3, -0.25) is 4.79 Å². The highest BCUT2D eigenvalue weighted by molar-refractivity contribution is 5.64. The highest BCUT2D eigenvalue weighted by atomic mass is 16.1. The van der Waals surface area contributed by atoms with Gasteiger partial charge in [-0.05, 0) is 51.8 Å². The van der Waals surface area contributed by atoms with Gasteiger partial charge in [0.25, 0.3) is 0 Å². The van der Waals surface area contributed by atoms with Crippen LogP contribution >= 0.6 is 0 Å². The van der Waals surface area contributed by atoms with Gasteiger partial charge in [0.1, 0.15) is 6.29 Å². The number of carbonyl (C=O) groups is 1. The lowest BCUT2D eigenvalue weighted by Crippen LogP contribution is -2.38. The van der Waals surface area contributed by atoms with E-state index in [1.54, 1.807) is 6.08 Å². The Kier molecular flexibility index (Phi) is 4.16. The first-order valence-corrected chi connectivity index (χ1v) is 5.10. The van der Waals surface area contributed by atoms with Gasteiger partial charge in [-0.15, -0.1) is 0 Å². The quantitative estimate of drug-likeness (QED) is 0.489. The number of carbonyl (C=O) groups excluding carboxylic acids is 1. The lowest BCUT2D eigenvalue weighted by atomic mass is 9.96. The summed E-state index contributed by atoms with van der Waals surface area (Å²) >= 11 is 0. The molecule has 1 saturated heterocycles. The minimum absolute atomic E-state index is 0.625. The lowest BCUT2D eigenvalue weighted by molar-refractivity contribution is -0.104. The molecular formula is C11H19NO. The standard InChI is InChI=1S/C11H19NO/c1-10(2)12-7-5-11(6-8-12)4-3-9-13/h3-4,9-11H,5-8H2,1-2H3/b4-3-. The van der Waals surface area contributed by atoms with Gasteiger partial charge >= 0.3 is 0 Å². The maximum atomic E-state index is 10.1. The Morgan fingerprint density at radius 1 is 1.31 bits per heavy atom. The molecule has 0 amide bonds. The molecule has 1 aliphatic rings. The van der Waals surface area contributed by atoms with Crippen LogP contribution in [-0.2, 0) is 4.79 Å². The van der Waals surface area contributed by atoms with Crippen LogP contribution in [0, 0.1) is 5.92 Å². The predicted octanol–water partition coefficient (Wildman–Crippen LogP) is 1.86. The number of nitrogens with zero attached hydrogens (tertiary/aromatic N) is 1. The topological polar surface area (TPSA) is 20.3 Å². The Hall–Kier alpha value is -0.630. The highest BCUT2D eigenvalue weighted by Crippen LogP contribution is 2.19. The molecule has 0 radical (unpaired) electrons. The molecule has 0 aliphatic carbocycles. The Morgan fingerprint density at radius 2 is 1.92 bits per heavy atom. The van der Waals surface area contributed by atoms with Crippen LogP contribution in [0.2, 0.25) is 0 Å². The summed E-state index contributed by atoms with van der Waals surface area (Å²) in [5.41, 5.74) is 0. The Labute approximate surface area is 80.6 Å². The molecule has 0 aromatic rings. The van der Waals surface area contributed by atoms with Gasteiger partial charge in [-0.2, -0.15) is 0 Å². The number of likely N-dealkylation sites (tertiary alicyclic amines) is 1. The van der Waals surface area contributed by atoms with Gasteiger partial charge in [0.2, 0.25) is 0 Å². The molecule has 2 nitrogen and oxygen atoms in total. The van der Waals surface area contributed by atoms with Crippen molar-refractivity contribution in [1.29, 1.82) is 0 Å². The molecule has 0 atom stereocenters. The van der Waals surface area contributed by atoms with Crippen molar-refractivity contribution >= 4 is 6.29 Å². The average molecular weight is 181 g/mol. The number of hydrogen-bond donors (Lipinski definition) is 0. The fourth-order valence-corrected chi connectivity index (χ4v) is 1.83. The van der Waals surface area contributed by atoms with Crippen LogP contribution in [-0.4, -0.2) is 30.3 Å². The van der Waals surface area contributed by atoms with Crippen molar-refractivity contribution in [3.8, 4) is 0 Å². The predicted molar refractivity (Wildman–Crippen MR) is 54.6 cm³/mol. The second-order valence-electron chi connectivity index (χ2n) is 3.99. The third-order valence-corrected chi connectivity index (χ3v) is 2.77. The molecule has 1 rings (SSSR count). The summed E-state index contributed by atoms with van der Waals surface area (Å²) in [6.45, 7) is 6.82. The molecule has 1 aliphatic heterocycles. The Morgan fingerprint density at radius 3 is 2.38 bits per heavy atom. The van der Waals surface area contributed by atoms with Gasteiger partial charge in [0.15, 0.2) is 0 Å². The van der Waals surface area contributed by atoms with Crippen molar-refractivity contribution in [3.63, 3.8) is 0 Å². The van der Waals surface area contributed by atoms with Crippen LogP contribution in [0.15, 0.2) is 12.2 Å². The van der Waals surface area contributed by atoms with E-state index in [0.717, 1.165) is 6.29 Å². The number of aldehydes is 1. The maximum absolute atomic E-state index is 10.1. The van der Waals surface area contributed by atoms with Crippen molar-refractivity contribution in [2.24, 2.45) is 5.92 Å². The van der Waals surface area contributed by atoms with Crippen LogP contribution in [0.25, 0.3) is 0 Å². The average Bonchev–Trinajstić information content (AvgIpc) is 2.15. The summed E-state index contributed by atoms with van der Waals surface area (Å²) in [7, 11) is 0. The zero-order valence-electron chi connectivity index (χ0n) is 8.57. The number of piperidine rings is 1. The van der Waals surface area contributed by atoms with E-state index in [9.17, 15) is 4.79 Å². The van der Waals surface area contributed by atoms with Gasteiger partial charge < -0.3 is 4.90 Å². The minimum atomic E-state index is 0.625. The fraction of sp³-hybridized carbons (Fsp3) is 0.727. The first kappa shape index (κ1) is 10.5. The third kappa shape index (κ3) is 3.31. The van der Waals surface area contributed by atoms with Crippen LogP contribution in [0.5, 0.6) is 0 Å². The molecule has 74 valence electrons. The van der Waals surface area contributed by atoms with Crippen LogP contribution < -0.4 is 0 Å². The SMILES string of the molecule is CC(C)N1CCC(/C=C\C=O)CC1. The molecule has 0 N–H and O–H groups in total. The zero-order valence-corrected chi connectivity index (χ0v) is 8.57. The van der Waals surface area contributed by atoms with E-state index >= 15 is 0 Å². The van der Waals surface area contributed by atoms with Crippen molar-refractivity contribution in [2.45, 2.75) is 32.7 Å². The number of hydrogen-bond acceptors (Lipinski definition) is 2. The van der Waals surface area contributed by atoms with Crippen molar-refractivity contribution in [1.82, 2.24) is 4.90 Å². The Balaban J connectivity index is 2.30. The summed E-state index contributed by atoms with van der Waals surface area (Å²) in [5, 5.41) is 0. The van der Waals surface area contributed by atoms with Crippen molar-refractivity contribution in [3.05, 3.63) is 12.2 Å². The first-order chi connectivity index (χ1) is 6.24. The highest BCUT2D eigenvalue weighted by Gasteiger charge is 2.18. The van der Waals surface area contributed by atoms with E-state index in [-0.39, 0.29) is 0 Å². The van der Waals surface area contributed by atoms with Crippen LogP contribution in [0.1, 0.15) is 26.7 Å². The number of allylic oxidation sites excluding steroid dienone is 2. The maximum Gasteiger partial charge on any atom is 0.142 e. The monoisotopic (exact) mass is 181 g/mol. The van der Waals surface area contributed by atoms with E-state index in [1.807, 2.05) is 6.08 Å². The largest absolute Gasteiger partial charge is 0.301 e. The van der Waals surface area contributed by atoms with Gasteiger partial charge in [0.05, 0.1) is 0 Å². The van der Waals surface area contributed by atoms with E-state index < -0.39 is 0 Å². The van der Waals surface area contributed by atoms with E-state index in [1.165, 1.54) is 25.9 Å². The zero-order chi connectivity index (χ0) is 9.68. The second-order valence-corrected chi connectivity index (χ2v) is 3.99. The molecule has 0 spiro atoms. The molecule has 0 saturated carbocycles. The van der Waals surface area contributed by atoms with Crippen molar-refractivity contribution < 1.29 is 4.79 Å². The molecule has 0 aromatic carbocycles. The molecule has 13 heavy (non-hydrogen) atoms. The van der Waals surface area contributed by atoms with E-state index in [0.29, 0.717) is 12.0 Å². The van der Waals surface area contributed by atoms with Gasteiger partial charge in [-0.25, -0.2) is 0 Å². The summed E-state index contributed by atoms with van der Waals surface area (Å²) in [6.07, 6.45) is 6.94. The van der Waals surface area contributed by atoms with E-state index in [2.05, 4.69) is 18.7 Å². The summed E-state index contributed by atoms with van der Waals surface area (Å²) in [5.74, 6) is 0.625. The normalized spacial score (nSPS) is 21.5. The molecule has 0 aromatic heterocycles. The third-order valence-electron chi connectivity index (χ3n) is 2.77. The van der Waals surface area contributed by atoms with Gasteiger partial charge in [0, 0.05) is 6.04 Å². The molecule has 1 fully saturated rings. The lowest BCUT2D eigenvalue weighted by Gasteiger charge is -2.33. The Bertz CT molecular complexity index is 179. The molecule has 0 unspecified atom stereocenters. The molecule has 2 heteroatoms. The van der Waals surface area contributed by atoms with Gasteiger partial charge in [-0.1, -0.05) is 6.08 Å². The summed E-state index contributed by atoms with van der Waals surface area (Å²) in [4.78, 5) is 12.6. The first-order valence-electron chi connectivity index (χ1n) is 5.10. The number of rotatable bonds is 3. The summed E-state index contributed by atoms with van der Waals surface area (Å²) < 4.78 is 0. The van der Waals surface area contributed by atoms with E-state index in [4.69, 9.17) is 0 Å². The second kappa shape index (κ2) is 5.18. The van der Waals surface area contributed by atoms with Crippen molar-refractivity contribution in [2.75, 3.05) is 13.1 Å². The molecule has 1 heterocycles.